The molecule has 0 saturated carbocycles. The minimum atomic E-state index is -0.456. The van der Waals surface area contributed by atoms with Crippen molar-refractivity contribution in [1.29, 1.82) is 0 Å². The van der Waals surface area contributed by atoms with E-state index in [9.17, 15) is 4.79 Å². The Morgan fingerprint density at radius 2 is 2.00 bits per heavy atom. The number of amides is 1. The monoisotopic (exact) mass is 365 g/mol. The molecule has 1 amide bonds. The zero-order chi connectivity index (χ0) is 18.6. The molecule has 0 atom stereocenters. The third-order valence-electron chi connectivity index (χ3n) is 5.46. The van der Waals surface area contributed by atoms with Crippen LogP contribution in [-0.4, -0.2) is 36.4 Å². The molecule has 26 heavy (non-hydrogen) atoms. The number of nitrogens with zero attached hydrogens (tertiary/aromatic N) is 3. The van der Waals surface area contributed by atoms with E-state index in [2.05, 4.69) is 54.2 Å². The maximum atomic E-state index is 12.5. The molecule has 4 nitrogen and oxygen atoms in total. The van der Waals surface area contributed by atoms with Gasteiger partial charge < -0.3 is 9.80 Å². The SMILES string of the molecule is CC1=CC(c2ncc(-c3ccc4c(c3)N(C)C(=O)C4(C)C)s2)=CCN1C. The number of allylic oxidation sites excluding steroid dienone is 3. The summed E-state index contributed by atoms with van der Waals surface area (Å²) in [6.07, 6.45) is 6.34. The fraction of sp³-hybridized carbons (Fsp3) is 0.333. The third kappa shape index (κ3) is 2.50. The van der Waals surface area contributed by atoms with Gasteiger partial charge in [-0.1, -0.05) is 18.2 Å². The maximum absolute atomic E-state index is 12.5. The Morgan fingerprint density at radius 1 is 1.23 bits per heavy atom. The van der Waals surface area contributed by atoms with E-state index in [1.54, 1.807) is 16.2 Å². The number of hydrogen-bond acceptors (Lipinski definition) is 4. The molecule has 0 saturated heterocycles. The van der Waals surface area contributed by atoms with Gasteiger partial charge in [0.25, 0.3) is 0 Å². The van der Waals surface area contributed by atoms with Crippen LogP contribution < -0.4 is 4.90 Å². The van der Waals surface area contributed by atoms with E-state index in [-0.39, 0.29) is 5.91 Å². The summed E-state index contributed by atoms with van der Waals surface area (Å²) in [5.74, 6) is 0.145. The standard InChI is InChI=1S/C21H23N3OS/c1-13-10-15(8-9-23(13)4)19-22-12-18(26-19)14-6-7-16-17(11-14)24(5)20(25)21(16,2)3/h6-8,10-12H,9H2,1-5H3. The van der Waals surface area contributed by atoms with Gasteiger partial charge in [0.1, 0.15) is 5.01 Å². The van der Waals surface area contributed by atoms with Crippen LogP contribution in [0.1, 0.15) is 31.3 Å². The molecule has 0 bridgehead atoms. The lowest BCUT2D eigenvalue weighted by Gasteiger charge is -2.22. The number of anilines is 1. The second kappa shape index (κ2) is 5.81. The molecular weight excluding hydrogens is 342 g/mol. The van der Waals surface area contributed by atoms with Gasteiger partial charge >= 0.3 is 0 Å². The highest BCUT2D eigenvalue weighted by Gasteiger charge is 2.42. The Bertz CT molecular complexity index is 967. The lowest BCUT2D eigenvalue weighted by atomic mass is 9.86. The van der Waals surface area contributed by atoms with Gasteiger partial charge in [-0.2, -0.15) is 0 Å². The van der Waals surface area contributed by atoms with Crippen LogP contribution in [0.4, 0.5) is 5.69 Å². The van der Waals surface area contributed by atoms with E-state index in [4.69, 9.17) is 0 Å². The molecule has 3 heterocycles. The van der Waals surface area contributed by atoms with Crippen molar-refractivity contribution in [1.82, 2.24) is 9.88 Å². The molecular formula is C21H23N3OS. The number of hydrogen-bond donors (Lipinski definition) is 0. The van der Waals surface area contributed by atoms with Gasteiger partial charge in [-0.05, 0) is 44.0 Å². The first-order chi connectivity index (χ1) is 12.3. The van der Waals surface area contributed by atoms with E-state index in [0.29, 0.717) is 0 Å². The highest BCUT2D eigenvalue weighted by molar-refractivity contribution is 7.16. The summed E-state index contributed by atoms with van der Waals surface area (Å²) in [6.45, 7) is 7.01. The van der Waals surface area contributed by atoms with E-state index < -0.39 is 5.41 Å². The van der Waals surface area contributed by atoms with Crippen LogP contribution in [0.3, 0.4) is 0 Å². The van der Waals surface area contributed by atoms with Crippen molar-refractivity contribution >= 4 is 28.5 Å². The lowest BCUT2D eigenvalue weighted by Crippen LogP contribution is -2.33. The first-order valence-electron chi connectivity index (χ1n) is 8.78. The van der Waals surface area contributed by atoms with Crippen molar-refractivity contribution < 1.29 is 4.79 Å². The molecule has 0 fully saturated rings. The molecule has 0 N–H and O–H groups in total. The summed E-state index contributed by atoms with van der Waals surface area (Å²) < 4.78 is 0. The van der Waals surface area contributed by atoms with Crippen LogP contribution in [0.15, 0.2) is 42.2 Å². The van der Waals surface area contributed by atoms with Gasteiger partial charge in [0, 0.05) is 43.8 Å². The van der Waals surface area contributed by atoms with Crippen LogP contribution in [0, 0.1) is 0 Å². The average Bonchev–Trinajstić information content (AvgIpc) is 3.17. The van der Waals surface area contributed by atoms with Crippen molar-refractivity contribution in [2.24, 2.45) is 0 Å². The molecule has 1 aromatic heterocycles. The largest absolute Gasteiger partial charge is 0.374 e. The van der Waals surface area contributed by atoms with Crippen molar-refractivity contribution in [3.8, 4) is 10.4 Å². The van der Waals surface area contributed by atoms with E-state index >= 15 is 0 Å². The van der Waals surface area contributed by atoms with Crippen LogP contribution in [-0.2, 0) is 10.2 Å². The Morgan fingerprint density at radius 3 is 2.73 bits per heavy atom. The zero-order valence-electron chi connectivity index (χ0n) is 15.8. The summed E-state index contributed by atoms with van der Waals surface area (Å²) in [7, 11) is 3.95. The van der Waals surface area contributed by atoms with Gasteiger partial charge in [-0.3, -0.25) is 4.79 Å². The number of carbonyl (C=O) groups is 1. The fourth-order valence-corrected chi connectivity index (χ4v) is 4.52. The van der Waals surface area contributed by atoms with E-state index in [1.807, 2.05) is 27.1 Å². The summed E-state index contributed by atoms with van der Waals surface area (Å²) >= 11 is 1.70. The molecule has 2 aromatic rings. The molecule has 134 valence electrons. The highest BCUT2D eigenvalue weighted by Crippen LogP contribution is 2.43. The number of rotatable bonds is 2. The van der Waals surface area contributed by atoms with Crippen molar-refractivity contribution in [2.45, 2.75) is 26.2 Å². The number of likely N-dealkylation sites (N-methyl/N-ethyl adjacent to an activating group) is 2. The summed E-state index contributed by atoms with van der Waals surface area (Å²) in [5, 5.41) is 1.04. The van der Waals surface area contributed by atoms with E-state index in [1.165, 1.54) is 11.3 Å². The van der Waals surface area contributed by atoms with Crippen LogP contribution in [0.2, 0.25) is 0 Å². The molecule has 2 aliphatic heterocycles. The van der Waals surface area contributed by atoms with Gasteiger partial charge in [-0.15, -0.1) is 11.3 Å². The van der Waals surface area contributed by atoms with E-state index in [0.717, 1.165) is 33.2 Å². The van der Waals surface area contributed by atoms with Crippen LogP contribution in [0.5, 0.6) is 0 Å². The number of carbonyl (C=O) groups excluding carboxylic acids is 1. The van der Waals surface area contributed by atoms with Crippen molar-refractivity contribution in [3.63, 3.8) is 0 Å². The molecule has 0 unspecified atom stereocenters. The molecule has 0 spiro atoms. The van der Waals surface area contributed by atoms with Gasteiger partial charge in [0.2, 0.25) is 5.91 Å². The molecule has 0 radical (unpaired) electrons. The Kier molecular flexibility index (Phi) is 3.81. The Labute approximate surface area is 158 Å². The summed E-state index contributed by atoms with van der Waals surface area (Å²) in [5.41, 5.74) is 5.18. The smallest absolute Gasteiger partial charge is 0.236 e. The quantitative estimate of drug-likeness (QED) is 0.796. The third-order valence-corrected chi connectivity index (χ3v) is 6.56. The summed E-state index contributed by atoms with van der Waals surface area (Å²) in [4.78, 5) is 22.2. The summed E-state index contributed by atoms with van der Waals surface area (Å²) in [6, 6.07) is 6.31. The van der Waals surface area contributed by atoms with Gasteiger partial charge in [0.15, 0.2) is 0 Å². The lowest BCUT2D eigenvalue weighted by molar-refractivity contribution is -0.121. The number of thiazole rings is 1. The van der Waals surface area contributed by atoms with Gasteiger partial charge in [-0.25, -0.2) is 4.98 Å². The minimum absolute atomic E-state index is 0.145. The van der Waals surface area contributed by atoms with Gasteiger partial charge in [0.05, 0.1) is 10.3 Å². The first kappa shape index (κ1) is 17.0. The minimum Gasteiger partial charge on any atom is -0.374 e. The first-order valence-corrected chi connectivity index (χ1v) is 9.59. The van der Waals surface area contributed by atoms with Crippen molar-refractivity contribution in [2.75, 3.05) is 25.5 Å². The zero-order valence-corrected chi connectivity index (χ0v) is 16.6. The normalized spacial score (nSPS) is 18.7. The maximum Gasteiger partial charge on any atom is 0.236 e. The van der Waals surface area contributed by atoms with Crippen LogP contribution in [0.25, 0.3) is 16.0 Å². The average molecular weight is 366 g/mol. The van der Waals surface area contributed by atoms with Crippen LogP contribution >= 0.6 is 11.3 Å². The predicted octanol–water partition coefficient (Wildman–Crippen LogP) is 4.30. The predicted molar refractivity (Wildman–Crippen MR) is 108 cm³/mol. The second-order valence-electron chi connectivity index (χ2n) is 7.58. The molecule has 5 heteroatoms. The molecule has 0 aliphatic carbocycles. The number of benzene rings is 1. The molecule has 4 rings (SSSR count). The fourth-order valence-electron chi connectivity index (χ4n) is 3.60. The highest BCUT2D eigenvalue weighted by atomic mass is 32.1. The number of aromatic nitrogens is 1. The second-order valence-corrected chi connectivity index (χ2v) is 8.61. The topological polar surface area (TPSA) is 36.4 Å². The molecule has 1 aromatic carbocycles. The molecule has 2 aliphatic rings. The Balaban J connectivity index is 1.69. The Hall–Kier alpha value is -2.40. The number of fused-ring (bicyclic) bond motifs is 1. The van der Waals surface area contributed by atoms with Crippen molar-refractivity contribution in [3.05, 3.63) is 52.8 Å².